The van der Waals surface area contributed by atoms with E-state index < -0.39 is 28.5 Å². The molecule has 1 aliphatic carbocycles. The van der Waals surface area contributed by atoms with E-state index in [1.54, 1.807) is 56.5 Å². The minimum atomic E-state index is -3.73. The van der Waals surface area contributed by atoms with Gasteiger partial charge in [-0.1, -0.05) is 49.6 Å². The van der Waals surface area contributed by atoms with Crippen LogP contribution in [-0.2, 0) is 26.2 Å². The first-order chi connectivity index (χ1) is 16.7. The van der Waals surface area contributed by atoms with E-state index in [-0.39, 0.29) is 18.5 Å². The smallest absolute Gasteiger partial charge is 0.244 e. The Kier molecular flexibility index (Phi) is 9.14. The summed E-state index contributed by atoms with van der Waals surface area (Å²) >= 11 is 0. The number of benzene rings is 2. The first-order valence-corrected chi connectivity index (χ1v) is 13.8. The summed E-state index contributed by atoms with van der Waals surface area (Å²) in [7, 11) is -2.17. The second kappa shape index (κ2) is 12.1. The van der Waals surface area contributed by atoms with Crippen LogP contribution in [-0.4, -0.2) is 57.1 Å². The Morgan fingerprint density at radius 1 is 1.06 bits per heavy atom. The third-order valence-corrected chi connectivity index (χ3v) is 7.47. The molecule has 1 saturated carbocycles. The standard InChI is InChI=1S/C26H35N3O5S/c1-20(26(31)27-22-12-6-4-7-13-22)28(18-21-11-10-16-24(17-21)34-2)25(30)19-29(35(3,32)33)23-14-8-5-9-15-23/h5,8-11,14-17,20,22H,4,6-7,12-13,18-19H2,1-3H3,(H,27,31)/t20-/m0/s1. The lowest BCUT2D eigenvalue weighted by Gasteiger charge is -2.33. The van der Waals surface area contributed by atoms with Gasteiger partial charge in [-0.3, -0.25) is 13.9 Å². The number of ether oxygens (including phenoxy) is 1. The number of rotatable bonds is 10. The monoisotopic (exact) mass is 501 g/mol. The molecule has 1 N–H and O–H groups in total. The van der Waals surface area contributed by atoms with Crippen LogP contribution in [0.1, 0.15) is 44.6 Å². The van der Waals surface area contributed by atoms with E-state index in [9.17, 15) is 18.0 Å². The molecule has 9 heteroatoms. The number of carbonyl (C=O) groups excluding carboxylic acids is 2. The van der Waals surface area contributed by atoms with Gasteiger partial charge in [0.25, 0.3) is 0 Å². The zero-order valence-corrected chi connectivity index (χ0v) is 21.5. The van der Waals surface area contributed by atoms with Gasteiger partial charge in [0.05, 0.1) is 19.1 Å². The van der Waals surface area contributed by atoms with Crippen LogP contribution in [0, 0.1) is 0 Å². The average molecular weight is 502 g/mol. The fraction of sp³-hybridized carbons (Fsp3) is 0.462. The topological polar surface area (TPSA) is 96.0 Å². The van der Waals surface area contributed by atoms with Crippen LogP contribution < -0.4 is 14.4 Å². The summed E-state index contributed by atoms with van der Waals surface area (Å²) in [5.74, 6) is -0.0663. The van der Waals surface area contributed by atoms with E-state index in [0.717, 1.165) is 41.8 Å². The van der Waals surface area contributed by atoms with Crippen molar-refractivity contribution in [2.75, 3.05) is 24.2 Å². The molecule has 0 spiro atoms. The van der Waals surface area contributed by atoms with Gasteiger partial charge in [0.1, 0.15) is 18.3 Å². The summed E-state index contributed by atoms with van der Waals surface area (Å²) < 4.78 is 31.5. The Balaban J connectivity index is 1.86. The molecule has 35 heavy (non-hydrogen) atoms. The number of nitrogens with zero attached hydrogens (tertiary/aromatic N) is 2. The van der Waals surface area contributed by atoms with Crippen molar-refractivity contribution in [1.82, 2.24) is 10.2 Å². The molecular weight excluding hydrogens is 466 g/mol. The molecule has 0 aliphatic heterocycles. The highest BCUT2D eigenvalue weighted by atomic mass is 32.2. The normalized spacial score (nSPS) is 15.2. The van der Waals surface area contributed by atoms with Gasteiger partial charge in [-0.25, -0.2) is 8.42 Å². The molecule has 1 atom stereocenters. The molecule has 0 heterocycles. The minimum absolute atomic E-state index is 0.101. The number of hydrogen-bond donors (Lipinski definition) is 1. The zero-order valence-electron chi connectivity index (χ0n) is 20.6. The third kappa shape index (κ3) is 7.45. The highest BCUT2D eigenvalue weighted by Crippen LogP contribution is 2.21. The Morgan fingerprint density at radius 3 is 2.37 bits per heavy atom. The number of nitrogens with one attached hydrogen (secondary N) is 1. The van der Waals surface area contributed by atoms with Crippen LogP contribution in [0.3, 0.4) is 0 Å². The van der Waals surface area contributed by atoms with Crippen LogP contribution in [0.5, 0.6) is 5.75 Å². The Bertz CT molecular complexity index is 1100. The number of sulfonamides is 1. The second-order valence-electron chi connectivity index (χ2n) is 9.00. The maximum absolute atomic E-state index is 13.6. The minimum Gasteiger partial charge on any atom is -0.497 e. The number of carbonyl (C=O) groups is 2. The molecule has 0 bridgehead atoms. The Labute approximate surface area is 208 Å². The molecule has 2 aromatic rings. The number of amides is 2. The molecule has 8 nitrogen and oxygen atoms in total. The van der Waals surface area contributed by atoms with Crippen LogP contribution in [0.25, 0.3) is 0 Å². The first kappa shape index (κ1) is 26.5. The molecule has 0 unspecified atom stereocenters. The maximum Gasteiger partial charge on any atom is 0.244 e. The number of methoxy groups -OCH3 is 1. The van der Waals surface area contributed by atoms with Crippen molar-refractivity contribution in [1.29, 1.82) is 0 Å². The van der Waals surface area contributed by atoms with Crippen molar-refractivity contribution in [2.45, 2.75) is 57.7 Å². The fourth-order valence-corrected chi connectivity index (χ4v) is 5.18. The van der Waals surface area contributed by atoms with Crippen LogP contribution in [0.15, 0.2) is 54.6 Å². The quantitative estimate of drug-likeness (QED) is 0.539. The molecule has 190 valence electrons. The van der Waals surface area contributed by atoms with Gasteiger partial charge >= 0.3 is 0 Å². The van der Waals surface area contributed by atoms with E-state index in [1.165, 1.54) is 11.3 Å². The van der Waals surface area contributed by atoms with Crippen LogP contribution in [0.4, 0.5) is 5.69 Å². The molecule has 2 aromatic carbocycles. The highest BCUT2D eigenvalue weighted by Gasteiger charge is 2.31. The van der Waals surface area contributed by atoms with E-state index in [1.807, 2.05) is 12.1 Å². The molecular formula is C26H35N3O5S. The van der Waals surface area contributed by atoms with Gasteiger partial charge in [-0.05, 0) is 49.6 Å². The summed E-state index contributed by atoms with van der Waals surface area (Å²) in [5, 5.41) is 3.09. The average Bonchev–Trinajstić information content (AvgIpc) is 2.85. The van der Waals surface area contributed by atoms with E-state index in [2.05, 4.69) is 5.32 Å². The van der Waals surface area contributed by atoms with Gasteiger partial charge in [0, 0.05) is 12.6 Å². The van der Waals surface area contributed by atoms with E-state index in [0.29, 0.717) is 11.4 Å². The van der Waals surface area contributed by atoms with Gasteiger partial charge in [-0.15, -0.1) is 0 Å². The first-order valence-electron chi connectivity index (χ1n) is 11.9. The molecule has 0 saturated heterocycles. The predicted octanol–water partition coefficient (Wildman–Crippen LogP) is 3.33. The van der Waals surface area contributed by atoms with Crippen molar-refractivity contribution < 1.29 is 22.7 Å². The van der Waals surface area contributed by atoms with Crippen molar-refractivity contribution in [3.8, 4) is 5.75 Å². The maximum atomic E-state index is 13.6. The van der Waals surface area contributed by atoms with E-state index >= 15 is 0 Å². The number of para-hydroxylation sites is 1. The molecule has 0 aromatic heterocycles. The third-order valence-electron chi connectivity index (χ3n) is 6.33. The summed E-state index contributed by atoms with van der Waals surface area (Å²) in [6.45, 7) is 1.42. The highest BCUT2D eigenvalue weighted by molar-refractivity contribution is 7.92. The second-order valence-corrected chi connectivity index (χ2v) is 10.9. The zero-order chi connectivity index (χ0) is 25.4. The lowest BCUT2D eigenvalue weighted by atomic mass is 9.95. The lowest BCUT2D eigenvalue weighted by Crippen LogP contribution is -2.52. The predicted molar refractivity (Wildman–Crippen MR) is 137 cm³/mol. The molecule has 1 aliphatic rings. The van der Waals surface area contributed by atoms with Gasteiger partial charge in [0.15, 0.2) is 0 Å². The Morgan fingerprint density at radius 2 is 1.74 bits per heavy atom. The van der Waals surface area contributed by atoms with Gasteiger partial charge < -0.3 is 15.0 Å². The number of anilines is 1. The summed E-state index contributed by atoms with van der Waals surface area (Å²) in [6, 6.07) is 15.1. The lowest BCUT2D eigenvalue weighted by molar-refractivity contribution is -0.139. The SMILES string of the molecule is COc1cccc(CN(C(=O)CN(c2ccccc2)S(C)(=O)=O)[C@@H](C)C(=O)NC2CCCCC2)c1. The fourth-order valence-electron chi connectivity index (χ4n) is 4.33. The summed E-state index contributed by atoms with van der Waals surface area (Å²) in [6.07, 6.45) is 6.25. The van der Waals surface area contributed by atoms with Crippen molar-refractivity contribution in [3.05, 3.63) is 60.2 Å². The van der Waals surface area contributed by atoms with Crippen molar-refractivity contribution in [2.24, 2.45) is 0 Å². The summed E-state index contributed by atoms with van der Waals surface area (Å²) in [4.78, 5) is 28.2. The van der Waals surface area contributed by atoms with E-state index in [4.69, 9.17) is 4.74 Å². The Hall–Kier alpha value is -3.07. The van der Waals surface area contributed by atoms with Crippen molar-refractivity contribution in [3.63, 3.8) is 0 Å². The largest absolute Gasteiger partial charge is 0.497 e. The van der Waals surface area contributed by atoms with Crippen LogP contribution in [0.2, 0.25) is 0 Å². The molecule has 1 fully saturated rings. The van der Waals surface area contributed by atoms with Crippen LogP contribution >= 0.6 is 0 Å². The number of hydrogen-bond acceptors (Lipinski definition) is 5. The molecule has 3 rings (SSSR count). The van der Waals surface area contributed by atoms with Gasteiger partial charge in [-0.2, -0.15) is 0 Å². The summed E-state index contributed by atoms with van der Waals surface area (Å²) in [5.41, 5.74) is 1.17. The van der Waals surface area contributed by atoms with Gasteiger partial charge in [0.2, 0.25) is 21.8 Å². The van der Waals surface area contributed by atoms with Crippen molar-refractivity contribution >= 4 is 27.5 Å². The molecule has 0 radical (unpaired) electrons. The molecule has 2 amide bonds.